The van der Waals surface area contributed by atoms with Crippen molar-refractivity contribution in [3.63, 3.8) is 0 Å². The monoisotopic (exact) mass is 338 g/mol. The molecule has 4 N–H and O–H groups in total. The average Bonchev–Trinajstić information content (AvgIpc) is 3.02. The summed E-state index contributed by atoms with van der Waals surface area (Å²) in [5, 5.41) is 0.0557. The van der Waals surface area contributed by atoms with E-state index in [0.29, 0.717) is 11.5 Å². The Balaban J connectivity index is 1.98. The first-order valence-corrected chi connectivity index (χ1v) is 7.50. The predicted octanol–water partition coefficient (Wildman–Crippen LogP) is 3.04. The van der Waals surface area contributed by atoms with E-state index in [1.807, 2.05) is 36.4 Å². The molecule has 1 unspecified atom stereocenters. The highest BCUT2D eigenvalue weighted by atomic mass is 32.1. The van der Waals surface area contributed by atoms with Crippen LogP contribution in [0.1, 0.15) is 22.8 Å². The quantitative estimate of drug-likeness (QED) is 0.882. The first-order valence-electron chi connectivity index (χ1n) is 6.73. The third-order valence-electron chi connectivity index (χ3n) is 3.65. The van der Waals surface area contributed by atoms with E-state index >= 15 is 0 Å². The van der Waals surface area contributed by atoms with Crippen molar-refractivity contribution in [2.75, 3.05) is 0 Å². The van der Waals surface area contributed by atoms with Crippen molar-refractivity contribution >= 4 is 17.1 Å². The highest BCUT2D eigenvalue weighted by Crippen LogP contribution is 2.39. The fourth-order valence-electron chi connectivity index (χ4n) is 2.37. The standard InChI is InChI=1S/C15H13F3N4S/c16-15(17,18)12-21-13(23-22-12)14(20)8-10(6-7-11(14)19)9-4-2-1-3-5-9/h1-7H,8,19-20H2. The summed E-state index contributed by atoms with van der Waals surface area (Å²) in [5.41, 5.74) is 13.1. The van der Waals surface area contributed by atoms with Crippen molar-refractivity contribution in [2.45, 2.75) is 18.1 Å². The molecule has 0 aliphatic heterocycles. The number of benzene rings is 1. The maximum atomic E-state index is 12.7. The van der Waals surface area contributed by atoms with Gasteiger partial charge in [-0.05, 0) is 28.7 Å². The Bertz CT molecular complexity index is 780. The normalized spacial score (nSPS) is 21.7. The van der Waals surface area contributed by atoms with Crippen LogP contribution < -0.4 is 11.5 Å². The summed E-state index contributed by atoms with van der Waals surface area (Å²) in [5.74, 6) is -1.19. The lowest BCUT2D eigenvalue weighted by Crippen LogP contribution is -2.43. The van der Waals surface area contributed by atoms with Gasteiger partial charge in [0.15, 0.2) is 0 Å². The maximum Gasteiger partial charge on any atom is 0.452 e. The van der Waals surface area contributed by atoms with Crippen LogP contribution in [0.2, 0.25) is 0 Å². The lowest BCUT2D eigenvalue weighted by Gasteiger charge is -2.31. The molecule has 8 heteroatoms. The maximum absolute atomic E-state index is 12.7. The molecule has 23 heavy (non-hydrogen) atoms. The second kappa shape index (κ2) is 5.47. The smallest absolute Gasteiger partial charge is 0.400 e. The molecule has 0 saturated carbocycles. The van der Waals surface area contributed by atoms with Gasteiger partial charge in [0.05, 0.1) is 0 Å². The summed E-state index contributed by atoms with van der Waals surface area (Å²) in [6, 6.07) is 9.45. The third kappa shape index (κ3) is 2.87. The van der Waals surface area contributed by atoms with Crippen LogP contribution >= 0.6 is 11.5 Å². The summed E-state index contributed by atoms with van der Waals surface area (Å²) in [6.45, 7) is 0. The van der Waals surface area contributed by atoms with Gasteiger partial charge in [-0.25, -0.2) is 4.98 Å². The minimum Gasteiger partial charge on any atom is -0.400 e. The number of hydrogen-bond donors (Lipinski definition) is 2. The van der Waals surface area contributed by atoms with E-state index in [2.05, 4.69) is 9.36 Å². The van der Waals surface area contributed by atoms with Gasteiger partial charge in [0, 0.05) is 12.1 Å². The van der Waals surface area contributed by atoms with Gasteiger partial charge >= 0.3 is 6.18 Å². The molecule has 120 valence electrons. The lowest BCUT2D eigenvalue weighted by molar-refractivity contribution is -0.144. The average molecular weight is 338 g/mol. The van der Waals surface area contributed by atoms with E-state index in [9.17, 15) is 13.2 Å². The summed E-state index contributed by atoms with van der Waals surface area (Å²) >= 11 is 0.629. The zero-order chi connectivity index (χ0) is 16.7. The molecular formula is C15H13F3N4S. The molecule has 0 spiro atoms. The zero-order valence-electron chi connectivity index (χ0n) is 11.8. The number of nitrogens with two attached hydrogens (primary N) is 2. The van der Waals surface area contributed by atoms with Gasteiger partial charge in [-0.2, -0.15) is 17.5 Å². The molecular weight excluding hydrogens is 325 g/mol. The number of rotatable bonds is 2. The van der Waals surface area contributed by atoms with Crippen molar-refractivity contribution < 1.29 is 13.2 Å². The van der Waals surface area contributed by atoms with E-state index in [4.69, 9.17) is 11.5 Å². The fraction of sp³-hybridized carbons (Fsp3) is 0.200. The molecule has 4 nitrogen and oxygen atoms in total. The molecule has 0 radical (unpaired) electrons. The Morgan fingerprint density at radius 3 is 2.43 bits per heavy atom. The number of nitrogens with zero attached hydrogens (tertiary/aromatic N) is 2. The first-order chi connectivity index (χ1) is 10.8. The Hall–Kier alpha value is -2.19. The molecule has 0 fully saturated rings. The first kappa shape index (κ1) is 15.7. The van der Waals surface area contributed by atoms with Crippen molar-refractivity contribution in [2.24, 2.45) is 11.5 Å². The molecule has 1 atom stereocenters. The third-order valence-corrected chi connectivity index (χ3v) is 4.55. The van der Waals surface area contributed by atoms with Crippen LogP contribution in [0.25, 0.3) is 5.57 Å². The minimum atomic E-state index is -4.60. The lowest BCUT2D eigenvalue weighted by atomic mass is 9.82. The summed E-state index contributed by atoms with van der Waals surface area (Å²) in [6.07, 6.45) is -0.913. The molecule has 2 aromatic rings. The number of hydrogen-bond acceptors (Lipinski definition) is 5. The van der Waals surface area contributed by atoms with Crippen molar-refractivity contribution in [3.8, 4) is 0 Å². The van der Waals surface area contributed by atoms with Crippen LogP contribution in [0.15, 0.2) is 48.2 Å². The SMILES string of the molecule is NC1=CC=C(c2ccccc2)CC1(N)c1nc(C(F)(F)F)ns1. The van der Waals surface area contributed by atoms with Gasteiger partial charge in [-0.1, -0.05) is 36.4 Å². The van der Waals surface area contributed by atoms with Gasteiger partial charge in [0.1, 0.15) is 10.5 Å². The molecule has 1 aliphatic carbocycles. The number of allylic oxidation sites excluding steroid dienone is 2. The van der Waals surface area contributed by atoms with Gasteiger partial charge in [0.25, 0.3) is 0 Å². The van der Waals surface area contributed by atoms with E-state index in [-0.39, 0.29) is 17.1 Å². The predicted molar refractivity (Wildman–Crippen MR) is 82.1 cm³/mol. The number of halogens is 3. The van der Waals surface area contributed by atoms with E-state index < -0.39 is 17.5 Å². The van der Waals surface area contributed by atoms with Crippen LogP contribution in [-0.4, -0.2) is 9.36 Å². The molecule has 1 heterocycles. The van der Waals surface area contributed by atoms with Crippen molar-refractivity contribution in [3.05, 3.63) is 64.6 Å². The van der Waals surface area contributed by atoms with Gasteiger partial charge < -0.3 is 11.5 Å². The highest BCUT2D eigenvalue weighted by Gasteiger charge is 2.42. The van der Waals surface area contributed by atoms with Crippen LogP contribution in [0, 0.1) is 0 Å². The van der Waals surface area contributed by atoms with E-state index in [1.54, 1.807) is 6.08 Å². The van der Waals surface area contributed by atoms with E-state index in [1.165, 1.54) is 0 Å². The van der Waals surface area contributed by atoms with Crippen LogP contribution in [0.5, 0.6) is 0 Å². The van der Waals surface area contributed by atoms with Crippen LogP contribution in [-0.2, 0) is 11.7 Å². The Labute approximate surface area is 134 Å². The van der Waals surface area contributed by atoms with Crippen LogP contribution in [0.4, 0.5) is 13.2 Å². The Morgan fingerprint density at radius 1 is 1.13 bits per heavy atom. The summed E-state index contributed by atoms with van der Waals surface area (Å²) in [7, 11) is 0. The molecule has 1 aromatic heterocycles. The molecule has 0 saturated heterocycles. The fourth-order valence-corrected chi connectivity index (χ4v) is 3.17. The minimum absolute atomic E-state index is 0.0557. The van der Waals surface area contributed by atoms with Crippen LogP contribution in [0.3, 0.4) is 0 Å². The van der Waals surface area contributed by atoms with Gasteiger partial charge in [0.2, 0.25) is 5.82 Å². The number of alkyl halides is 3. The Kier molecular flexibility index (Phi) is 3.73. The largest absolute Gasteiger partial charge is 0.452 e. The van der Waals surface area contributed by atoms with Crippen molar-refractivity contribution in [1.82, 2.24) is 9.36 Å². The molecule has 1 aliphatic rings. The van der Waals surface area contributed by atoms with Crippen molar-refractivity contribution in [1.29, 1.82) is 0 Å². The number of aromatic nitrogens is 2. The molecule has 1 aromatic carbocycles. The topological polar surface area (TPSA) is 77.8 Å². The molecule has 3 rings (SSSR count). The second-order valence-corrected chi connectivity index (χ2v) is 6.00. The van der Waals surface area contributed by atoms with Gasteiger partial charge in [-0.3, -0.25) is 0 Å². The summed E-state index contributed by atoms with van der Waals surface area (Å²) < 4.78 is 41.5. The summed E-state index contributed by atoms with van der Waals surface area (Å²) in [4.78, 5) is 3.56. The van der Waals surface area contributed by atoms with Gasteiger partial charge in [-0.15, -0.1) is 0 Å². The Morgan fingerprint density at radius 2 is 1.83 bits per heavy atom. The molecule has 0 bridgehead atoms. The van der Waals surface area contributed by atoms with E-state index in [0.717, 1.165) is 11.1 Å². The highest BCUT2D eigenvalue weighted by molar-refractivity contribution is 7.05. The second-order valence-electron chi connectivity index (χ2n) is 5.25. The molecule has 0 amide bonds. The zero-order valence-corrected chi connectivity index (χ0v) is 12.7.